The third-order valence-electron chi connectivity index (χ3n) is 8.83. The number of carbonyl (C=O) groups excluding carboxylic acids is 2. The molecule has 0 spiro atoms. The van der Waals surface area contributed by atoms with Gasteiger partial charge in [0.1, 0.15) is 16.5 Å². The average Bonchev–Trinajstić information content (AvgIpc) is 3.67. The van der Waals surface area contributed by atoms with E-state index >= 15 is 0 Å². The lowest BCUT2D eigenvalue weighted by molar-refractivity contribution is -0.148. The maximum absolute atomic E-state index is 13.3. The Kier molecular flexibility index (Phi) is 10.3. The lowest BCUT2D eigenvalue weighted by Gasteiger charge is -2.41. The number of aromatic nitrogens is 2. The number of anilines is 3. The van der Waals surface area contributed by atoms with Gasteiger partial charge >= 0.3 is 5.97 Å². The lowest BCUT2D eigenvalue weighted by atomic mass is 9.94. The highest BCUT2D eigenvalue weighted by molar-refractivity contribution is 7.22. The number of thiazole rings is 1. The minimum atomic E-state index is -0.315. The van der Waals surface area contributed by atoms with E-state index < -0.39 is 0 Å². The number of esters is 1. The average molecular weight is 678 g/mol. The van der Waals surface area contributed by atoms with E-state index in [4.69, 9.17) is 32.9 Å². The van der Waals surface area contributed by atoms with Gasteiger partial charge in [0.05, 0.1) is 32.3 Å². The molecule has 1 aliphatic carbocycles. The highest BCUT2D eigenvalue weighted by Gasteiger charge is 2.30. The Morgan fingerprint density at radius 3 is 2.39 bits per heavy atom. The molecule has 44 heavy (non-hydrogen) atoms. The van der Waals surface area contributed by atoms with E-state index in [0.717, 1.165) is 41.8 Å². The minimum Gasteiger partial charge on any atom is -0.466 e. The van der Waals surface area contributed by atoms with Gasteiger partial charge in [0, 0.05) is 51.5 Å². The van der Waals surface area contributed by atoms with E-state index in [1.54, 1.807) is 12.3 Å². The van der Waals surface area contributed by atoms with E-state index in [1.807, 2.05) is 19.1 Å². The first-order valence-electron chi connectivity index (χ1n) is 15.5. The topological polar surface area (TPSA) is 90.9 Å². The Hall–Kier alpha value is -2.44. The van der Waals surface area contributed by atoms with Crippen LogP contribution in [0.4, 0.5) is 16.0 Å². The molecule has 3 aliphatic rings. The molecule has 9 nitrogen and oxygen atoms in total. The van der Waals surface area contributed by atoms with Gasteiger partial charge < -0.3 is 14.5 Å². The first kappa shape index (κ1) is 31.5. The van der Waals surface area contributed by atoms with Gasteiger partial charge in [-0.1, -0.05) is 53.8 Å². The van der Waals surface area contributed by atoms with Crippen LogP contribution in [0.3, 0.4) is 0 Å². The number of hydrogen-bond donors (Lipinski definition) is 1. The monoisotopic (exact) mass is 676 g/mol. The number of thiophene rings is 1. The van der Waals surface area contributed by atoms with Crippen molar-refractivity contribution in [1.82, 2.24) is 14.9 Å². The largest absolute Gasteiger partial charge is 0.466 e. The molecule has 13 heteroatoms. The summed E-state index contributed by atoms with van der Waals surface area (Å²) in [7, 11) is 0. The fourth-order valence-electron chi connectivity index (χ4n) is 6.46. The van der Waals surface area contributed by atoms with E-state index in [9.17, 15) is 9.59 Å². The molecule has 2 aliphatic heterocycles. The summed E-state index contributed by atoms with van der Waals surface area (Å²) in [5.74, 6) is 0.0566. The molecule has 0 radical (unpaired) electrons. The fourth-order valence-corrected chi connectivity index (χ4v) is 8.87. The highest BCUT2D eigenvalue weighted by atomic mass is 35.5. The molecule has 5 heterocycles. The predicted octanol–water partition coefficient (Wildman–Crippen LogP) is 7.06. The number of piperidine rings is 1. The summed E-state index contributed by atoms with van der Waals surface area (Å²) in [5, 5.41) is 4.97. The van der Waals surface area contributed by atoms with Gasteiger partial charge in [-0.3, -0.25) is 19.8 Å². The minimum absolute atomic E-state index is 0.103. The second-order valence-electron chi connectivity index (χ2n) is 11.6. The number of hydrogen-bond acceptors (Lipinski definition) is 10. The van der Waals surface area contributed by atoms with Gasteiger partial charge in [-0.05, 0) is 50.8 Å². The molecule has 1 amide bonds. The summed E-state index contributed by atoms with van der Waals surface area (Å²) in [6, 6.07) is 6.24. The van der Waals surface area contributed by atoms with E-state index in [0.29, 0.717) is 64.5 Å². The Balaban J connectivity index is 1.13. The van der Waals surface area contributed by atoms with Crippen LogP contribution in [0.1, 0.15) is 62.2 Å². The normalized spacial score (nSPS) is 18.9. The molecule has 0 unspecified atom stereocenters. The molecule has 2 saturated heterocycles. The molecule has 0 bridgehead atoms. The fraction of sp³-hybridized carbons (Fsp3) is 0.548. The molecule has 0 atom stereocenters. The summed E-state index contributed by atoms with van der Waals surface area (Å²) < 4.78 is 5.88. The van der Waals surface area contributed by atoms with Crippen LogP contribution in [0, 0.1) is 5.92 Å². The molecule has 236 valence electrons. The Morgan fingerprint density at radius 1 is 0.977 bits per heavy atom. The second-order valence-corrected chi connectivity index (χ2v) is 14.7. The van der Waals surface area contributed by atoms with Crippen LogP contribution in [-0.2, 0) is 9.53 Å². The molecular weight excluding hydrogens is 639 g/mol. The van der Waals surface area contributed by atoms with Crippen LogP contribution in [0.25, 0.3) is 10.6 Å². The smallest absolute Gasteiger partial charge is 0.309 e. The maximum Gasteiger partial charge on any atom is 0.309 e. The zero-order valence-electron chi connectivity index (χ0n) is 24.9. The number of rotatable bonds is 8. The van der Waals surface area contributed by atoms with Crippen molar-refractivity contribution in [1.29, 1.82) is 0 Å². The highest BCUT2D eigenvalue weighted by Crippen LogP contribution is 2.43. The molecular formula is C31H38Cl2N6O3S2. The molecule has 3 aromatic rings. The van der Waals surface area contributed by atoms with Crippen LogP contribution in [-0.4, -0.2) is 78.7 Å². The first-order valence-corrected chi connectivity index (χ1v) is 17.9. The summed E-state index contributed by atoms with van der Waals surface area (Å²) in [4.78, 5) is 42.9. The molecule has 0 aromatic carbocycles. The van der Waals surface area contributed by atoms with Crippen molar-refractivity contribution in [3.05, 3.63) is 39.3 Å². The van der Waals surface area contributed by atoms with E-state index in [1.165, 1.54) is 54.8 Å². The summed E-state index contributed by atoms with van der Waals surface area (Å²) >= 11 is 15.9. The first-order chi connectivity index (χ1) is 21.4. The van der Waals surface area contributed by atoms with Gasteiger partial charge in [-0.15, -0.1) is 11.3 Å². The SMILES string of the molecule is CCOC(=O)C1CCN(c2ncc(C(=O)Nc3nc(-c4ccc(Cl)s4)c(N4CCN(C5CCCCC5)CC4)s3)cc2Cl)CC1. The number of pyridine rings is 1. The van der Waals surface area contributed by atoms with E-state index in [2.05, 4.69) is 25.0 Å². The van der Waals surface area contributed by atoms with Crippen LogP contribution >= 0.6 is 45.9 Å². The van der Waals surface area contributed by atoms with Crippen LogP contribution < -0.4 is 15.1 Å². The standard InChI is InChI=1S/C31H38Cl2N6O3S2/c1-2-42-30(41)20-10-12-38(13-11-20)27-23(32)18-21(19-34-27)28(40)36-31-35-26(24-8-9-25(33)43-24)29(44-31)39-16-14-37(15-17-39)22-6-4-3-5-7-22/h8-9,18-20,22H,2-7,10-17H2,1H3,(H,35,36,40). The van der Waals surface area contributed by atoms with Crippen molar-refractivity contribution < 1.29 is 14.3 Å². The molecule has 1 saturated carbocycles. The number of nitrogens with zero attached hydrogens (tertiary/aromatic N) is 5. The number of nitrogens with one attached hydrogen (secondary N) is 1. The summed E-state index contributed by atoms with van der Waals surface area (Å²) in [5.41, 5.74) is 1.21. The Bertz CT molecular complexity index is 1460. The third-order valence-corrected chi connectivity index (χ3v) is 11.4. The van der Waals surface area contributed by atoms with Gasteiger partial charge in [0.25, 0.3) is 5.91 Å². The Morgan fingerprint density at radius 2 is 1.73 bits per heavy atom. The predicted molar refractivity (Wildman–Crippen MR) is 180 cm³/mol. The van der Waals surface area contributed by atoms with Gasteiger partial charge in [-0.2, -0.15) is 0 Å². The van der Waals surface area contributed by atoms with Crippen molar-refractivity contribution in [2.24, 2.45) is 5.92 Å². The molecule has 1 N–H and O–H groups in total. The number of piperazine rings is 1. The summed E-state index contributed by atoms with van der Waals surface area (Å²) in [6.45, 7) is 7.42. The molecule has 3 fully saturated rings. The van der Waals surface area contributed by atoms with Crippen molar-refractivity contribution in [3.63, 3.8) is 0 Å². The quantitative estimate of drug-likeness (QED) is 0.254. The number of amides is 1. The molecule has 6 rings (SSSR count). The van der Waals surface area contributed by atoms with Gasteiger partial charge in [0.15, 0.2) is 5.13 Å². The van der Waals surface area contributed by atoms with Gasteiger partial charge in [0.2, 0.25) is 0 Å². The van der Waals surface area contributed by atoms with E-state index in [-0.39, 0.29) is 17.8 Å². The third kappa shape index (κ3) is 7.17. The van der Waals surface area contributed by atoms with Crippen LogP contribution in [0.2, 0.25) is 9.36 Å². The zero-order valence-corrected chi connectivity index (χ0v) is 28.0. The maximum atomic E-state index is 13.3. The molecule has 3 aromatic heterocycles. The second kappa shape index (κ2) is 14.3. The van der Waals surface area contributed by atoms with Crippen molar-refractivity contribution in [2.75, 3.05) is 61.0 Å². The number of ether oxygens (including phenoxy) is 1. The summed E-state index contributed by atoms with van der Waals surface area (Å²) in [6.07, 6.45) is 9.57. The number of halogens is 2. The van der Waals surface area contributed by atoms with Crippen LogP contribution in [0.15, 0.2) is 24.4 Å². The lowest BCUT2D eigenvalue weighted by Crippen LogP contribution is -2.50. The number of carbonyl (C=O) groups is 2. The Labute approximate surface area is 276 Å². The van der Waals surface area contributed by atoms with Gasteiger partial charge in [-0.25, -0.2) is 9.97 Å². The van der Waals surface area contributed by atoms with Crippen molar-refractivity contribution in [2.45, 2.75) is 57.9 Å². The van der Waals surface area contributed by atoms with Crippen LogP contribution in [0.5, 0.6) is 0 Å². The van der Waals surface area contributed by atoms with Crippen molar-refractivity contribution in [3.8, 4) is 10.6 Å². The van der Waals surface area contributed by atoms with Crippen molar-refractivity contribution >= 4 is 73.7 Å². The zero-order chi connectivity index (χ0) is 30.6.